The van der Waals surface area contributed by atoms with Crippen molar-refractivity contribution < 1.29 is 22.9 Å². The number of hydrogen-bond donors (Lipinski definition) is 1. The zero-order valence-electron chi connectivity index (χ0n) is 15.0. The molecule has 27 heavy (non-hydrogen) atoms. The molecule has 0 aliphatic rings. The normalized spacial score (nSPS) is 10.9. The van der Waals surface area contributed by atoms with Gasteiger partial charge in [0, 0.05) is 26.2 Å². The maximum atomic E-state index is 12.5. The van der Waals surface area contributed by atoms with Crippen LogP contribution in [0.15, 0.2) is 47.4 Å². The van der Waals surface area contributed by atoms with Gasteiger partial charge in [-0.15, -0.1) is 0 Å². The number of nitro groups is 1. The van der Waals surface area contributed by atoms with E-state index in [1.165, 1.54) is 41.3 Å². The van der Waals surface area contributed by atoms with E-state index in [0.29, 0.717) is 11.3 Å². The lowest BCUT2D eigenvalue weighted by Gasteiger charge is -2.14. The van der Waals surface area contributed by atoms with Gasteiger partial charge in [0.2, 0.25) is 0 Å². The molecular weight excluding hydrogens is 374 g/mol. The molecule has 2 aromatic carbocycles. The second-order valence-electron chi connectivity index (χ2n) is 5.92. The number of rotatable bonds is 7. The van der Waals surface area contributed by atoms with Crippen LogP contribution in [0.4, 0.5) is 11.4 Å². The van der Waals surface area contributed by atoms with E-state index in [1.807, 2.05) is 0 Å². The molecule has 0 heterocycles. The average molecular weight is 393 g/mol. The zero-order chi connectivity index (χ0) is 20.2. The number of benzene rings is 2. The van der Waals surface area contributed by atoms with Gasteiger partial charge in [-0.25, -0.2) is 8.42 Å². The first-order chi connectivity index (χ1) is 12.6. The van der Waals surface area contributed by atoms with Crippen LogP contribution >= 0.6 is 0 Å². The van der Waals surface area contributed by atoms with Gasteiger partial charge in [-0.2, -0.15) is 0 Å². The monoisotopic (exact) mass is 393 g/mol. The van der Waals surface area contributed by atoms with Gasteiger partial charge in [0.05, 0.1) is 15.5 Å². The number of nitro benzene ring substituents is 1. The van der Waals surface area contributed by atoms with E-state index in [2.05, 4.69) is 4.72 Å². The third-order valence-corrected chi connectivity index (χ3v) is 4.99. The van der Waals surface area contributed by atoms with Crippen molar-refractivity contribution in [3.05, 3.63) is 58.1 Å². The summed E-state index contributed by atoms with van der Waals surface area (Å²) in [6.07, 6.45) is 0. The fourth-order valence-corrected chi connectivity index (χ4v) is 3.25. The summed E-state index contributed by atoms with van der Waals surface area (Å²) in [6.45, 7) is 1.49. The van der Waals surface area contributed by atoms with Crippen molar-refractivity contribution in [3.63, 3.8) is 0 Å². The zero-order valence-corrected chi connectivity index (χ0v) is 15.8. The molecule has 2 rings (SSSR count). The minimum absolute atomic E-state index is 0.0298. The van der Waals surface area contributed by atoms with E-state index < -0.39 is 14.9 Å². The number of non-ortho nitro benzene ring substituents is 1. The molecule has 0 saturated heterocycles. The Morgan fingerprint density at radius 1 is 1.22 bits per heavy atom. The van der Waals surface area contributed by atoms with Crippen molar-refractivity contribution in [2.75, 3.05) is 25.4 Å². The Morgan fingerprint density at radius 3 is 2.52 bits per heavy atom. The first-order valence-corrected chi connectivity index (χ1v) is 9.29. The van der Waals surface area contributed by atoms with Crippen LogP contribution < -0.4 is 9.46 Å². The molecule has 9 nitrogen and oxygen atoms in total. The fourth-order valence-electron chi connectivity index (χ4n) is 2.12. The van der Waals surface area contributed by atoms with Crippen LogP contribution in [0.2, 0.25) is 0 Å². The summed E-state index contributed by atoms with van der Waals surface area (Å²) < 4.78 is 32.8. The summed E-state index contributed by atoms with van der Waals surface area (Å²) in [5, 5.41) is 10.8. The van der Waals surface area contributed by atoms with Crippen LogP contribution in [0.3, 0.4) is 0 Å². The third kappa shape index (κ3) is 5.17. The standard InChI is InChI=1S/C17H19N3O6S/c1-12-9-15(7-8-16(12)26-11-17(21)19(2)3)27(24,25)18-13-5-4-6-14(10-13)20(22)23/h4-10,18H,11H2,1-3H3. The lowest BCUT2D eigenvalue weighted by molar-refractivity contribution is -0.384. The summed E-state index contributed by atoms with van der Waals surface area (Å²) in [4.78, 5) is 23.1. The number of nitrogens with zero attached hydrogens (tertiary/aromatic N) is 2. The van der Waals surface area contributed by atoms with Crippen LogP contribution in [0.1, 0.15) is 5.56 Å². The van der Waals surface area contributed by atoms with Gasteiger partial charge < -0.3 is 9.64 Å². The molecule has 0 fully saturated rings. The highest BCUT2D eigenvalue weighted by molar-refractivity contribution is 7.92. The SMILES string of the molecule is Cc1cc(S(=O)(=O)Nc2cccc([N+](=O)[O-])c2)ccc1OCC(=O)N(C)C. The van der Waals surface area contributed by atoms with Gasteiger partial charge in [-0.3, -0.25) is 19.6 Å². The third-order valence-electron chi connectivity index (χ3n) is 3.62. The molecule has 1 N–H and O–H groups in total. The molecule has 0 unspecified atom stereocenters. The molecule has 0 aliphatic carbocycles. The molecule has 0 spiro atoms. The van der Waals surface area contributed by atoms with Crippen molar-refractivity contribution >= 4 is 27.3 Å². The van der Waals surface area contributed by atoms with E-state index in [0.717, 1.165) is 6.07 Å². The maximum absolute atomic E-state index is 12.5. The predicted molar refractivity (Wildman–Crippen MR) is 99.3 cm³/mol. The molecule has 0 atom stereocenters. The van der Waals surface area contributed by atoms with E-state index in [-0.39, 0.29) is 28.8 Å². The number of sulfonamides is 1. The van der Waals surface area contributed by atoms with E-state index in [4.69, 9.17) is 4.74 Å². The minimum Gasteiger partial charge on any atom is -0.483 e. The maximum Gasteiger partial charge on any atom is 0.271 e. The van der Waals surface area contributed by atoms with Crippen molar-refractivity contribution in [2.24, 2.45) is 0 Å². The van der Waals surface area contributed by atoms with Crippen molar-refractivity contribution in [2.45, 2.75) is 11.8 Å². The summed E-state index contributed by atoms with van der Waals surface area (Å²) >= 11 is 0. The predicted octanol–water partition coefficient (Wildman–Crippen LogP) is 2.17. The fraction of sp³-hybridized carbons (Fsp3) is 0.235. The summed E-state index contributed by atoms with van der Waals surface area (Å²) in [5.74, 6) is 0.165. The Balaban J connectivity index is 2.19. The van der Waals surface area contributed by atoms with Gasteiger partial charge in [0.1, 0.15) is 5.75 Å². The molecule has 0 aromatic heterocycles. The molecule has 2 aromatic rings. The minimum atomic E-state index is -3.94. The second-order valence-corrected chi connectivity index (χ2v) is 7.60. The number of likely N-dealkylation sites (N-methyl/N-ethyl adjacent to an activating group) is 1. The average Bonchev–Trinajstić information content (AvgIpc) is 2.60. The number of hydrogen-bond acceptors (Lipinski definition) is 6. The number of amides is 1. The summed E-state index contributed by atoms with van der Waals surface area (Å²) in [7, 11) is -0.733. The van der Waals surface area contributed by atoms with Crippen LogP contribution in [0.25, 0.3) is 0 Å². The van der Waals surface area contributed by atoms with Crippen molar-refractivity contribution in [1.29, 1.82) is 0 Å². The van der Waals surface area contributed by atoms with Gasteiger partial charge in [-0.1, -0.05) is 6.07 Å². The highest BCUT2D eigenvalue weighted by atomic mass is 32.2. The molecule has 0 radical (unpaired) electrons. The van der Waals surface area contributed by atoms with E-state index in [1.54, 1.807) is 21.0 Å². The highest BCUT2D eigenvalue weighted by Crippen LogP contribution is 2.25. The number of carbonyl (C=O) groups excluding carboxylic acids is 1. The van der Waals surface area contributed by atoms with Gasteiger partial charge in [0.25, 0.3) is 21.6 Å². The smallest absolute Gasteiger partial charge is 0.271 e. The molecule has 0 saturated carbocycles. The molecule has 144 valence electrons. The second kappa shape index (κ2) is 8.04. The van der Waals surface area contributed by atoms with Crippen LogP contribution in [-0.4, -0.2) is 44.9 Å². The number of nitrogens with one attached hydrogen (secondary N) is 1. The lowest BCUT2D eigenvalue weighted by atomic mass is 10.2. The largest absolute Gasteiger partial charge is 0.483 e. The van der Waals surface area contributed by atoms with Crippen LogP contribution in [0.5, 0.6) is 5.75 Å². The molecule has 1 amide bonds. The Hall–Kier alpha value is -3.14. The quantitative estimate of drug-likeness (QED) is 0.569. The lowest BCUT2D eigenvalue weighted by Crippen LogP contribution is -2.27. The Kier molecular flexibility index (Phi) is 6.01. The van der Waals surface area contributed by atoms with Gasteiger partial charge in [-0.05, 0) is 36.8 Å². The number of ether oxygens (including phenoxy) is 1. The molecule has 0 aliphatic heterocycles. The Morgan fingerprint density at radius 2 is 1.93 bits per heavy atom. The summed E-state index contributed by atoms with van der Waals surface area (Å²) in [6, 6.07) is 9.40. The first kappa shape index (κ1) is 20.2. The highest BCUT2D eigenvalue weighted by Gasteiger charge is 2.17. The molecule has 10 heteroatoms. The van der Waals surface area contributed by atoms with E-state index >= 15 is 0 Å². The van der Waals surface area contributed by atoms with Gasteiger partial charge in [0.15, 0.2) is 6.61 Å². The number of anilines is 1. The summed E-state index contributed by atoms with van der Waals surface area (Å²) in [5.41, 5.74) is 0.392. The van der Waals surface area contributed by atoms with E-state index in [9.17, 15) is 23.3 Å². The number of carbonyl (C=O) groups is 1. The topological polar surface area (TPSA) is 119 Å². The van der Waals surface area contributed by atoms with Crippen molar-refractivity contribution in [1.82, 2.24) is 4.90 Å². The van der Waals surface area contributed by atoms with Crippen LogP contribution in [-0.2, 0) is 14.8 Å². The van der Waals surface area contributed by atoms with Gasteiger partial charge >= 0.3 is 0 Å². The Labute approximate surface area is 156 Å². The first-order valence-electron chi connectivity index (χ1n) is 7.81. The molecular formula is C17H19N3O6S. The Bertz CT molecular complexity index is 972. The van der Waals surface area contributed by atoms with Crippen molar-refractivity contribution in [3.8, 4) is 5.75 Å². The van der Waals surface area contributed by atoms with Crippen LogP contribution in [0, 0.1) is 17.0 Å². The molecule has 0 bridgehead atoms. The number of aryl methyl sites for hydroxylation is 1.